The van der Waals surface area contributed by atoms with Gasteiger partial charge in [0.1, 0.15) is 11.8 Å². The molecule has 0 fully saturated rings. The lowest BCUT2D eigenvalue weighted by Crippen LogP contribution is -2.33. The minimum absolute atomic E-state index is 0.0643. The molecule has 114 valence electrons. The molecule has 0 saturated carbocycles. The number of imidazole rings is 1. The summed E-state index contributed by atoms with van der Waals surface area (Å²) in [5.41, 5.74) is 7.51. The van der Waals surface area contributed by atoms with Crippen LogP contribution in [0.5, 0.6) is 5.75 Å². The number of ether oxygens (including phenoxy) is 1. The van der Waals surface area contributed by atoms with Crippen LogP contribution in [0.25, 0.3) is 11.0 Å². The Morgan fingerprint density at radius 1 is 1.43 bits per heavy atom. The van der Waals surface area contributed by atoms with E-state index in [1.807, 2.05) is 19.1 Å². The largest absolute Gasteiger partial charge is 0.497 e. The molecule has 1 amide bonds. The zero-order valence-electron chi connectivity index (χ0n) is 12.9. The second-order valence-electron chi connectivity index (χ2n) is 5.51. The molecule has 1 aromatic carbocycles. The van der Waals surface area contributed by atoms with Crippen molar-refractivity contribution in [2.24, 2.45) is 5.92 Å². The maximum absolute atomic E-state index is 12.2. The van der Waals surface area contributed by atoms with Gasteiger partial charge < -0.3 is 15.8 Å². The molecule has 1 unspecified atom stereocenters. The third-order valence-corrected chi connectivity index (χ3v) is 3.38. The van der Waals surface area contributed by atoms with E-state index in [0.29, 0.717) is 24.2 Å². The summed E-state index contributed by atoms with van der Waals surface area (Å²) in [7, 11) is 1.60. The van der Waals surface area contributed by atoms with Crippen molar-refractivity contribution >= 4 is 22.9 Å². The van der Waals surface area contributed by atoms with Crippen LogP contribution in [0.15, 0.2) is 18.2 Å². The van der Waals surface area contributed by atoms with Gasteiger partial charge in [-0.05, 0) is 25.0 Å². The Bertz CT molecular complexity index is 648. The van der Waals surface area contributed by atoms with Gasteiger partial charge in [-0.2, -0.15) is 0 Å². The summed E-state index contributed by atoms with van der Waals surface area (Å²) in [5.74, 6) is 1.38. The quantitative estimate of drug-likeness (QED) is 0.882. The van der Waals surface area contributed by atoms with Crippen LogP contribution in [0, 0.1) is 5.92 Å². The monoisotopic (exact) mass is 290 g/mol. The minimum atomic E-state index is -0.415. The number of methoxy groups -OCH3 is 1. The van der Waals surface area contributed by atoms with Gasteiger partial charge in [0.05, 0.1) is 18.1 Å². The van der Waals surface area contributed by atoms with Gasteiger partial charge in [0.25, 0.3) is 0 Å². The summed E-state index contributed by atoms with van der Waals surface area (Å²) in [6.45, 7) is 6.57. The number of amides is 1. The van der Waals surface area contributed by atoms with Crippen LogP contribution in [0.3, 0.4) is 0 Å². The molecule has 0 aliphatic carbocycles. The Morgan fingerprint density at radius 2 is 2.14 bits per heavy atom. The Balaban J connectivity index is 2.32. The Hall–Kier alpha value is -2.24. The van der Waals surface area contributed by atoms with E-state index in [0.717, 1.165) is 11.0 Å². The van der Waals surface area contributed by atoms with Gasteiger partial charge in [0.2, 0.25) is 11.9 Å². The number of carbonyl (C=O) groups excluding carboxylic acids is 1. The van der Waals surface area contributed by atoms with Crippen LogP contribution in [0.1, 0.15) is 26.8 Å². The molecule has 3 N–H and O–H groups in total. The summed E-state index contributed by atoms with van der Waals surface area (Å²) >= 11 is 0. The van der Waals surface area contributed by atoms with E-state index in [4.69, 9.17) is 10.5 Å². The van der Waals surface area contributed by atoms with Crippen LogP contribution in [-0.4, -0.2) is 29.1 Å². The molecular formula is C15H22N4O2. The summed E-state index contributed by atoms with van der Waals surface area (Å²) in [6.07, 6.45) is 0. The number of hydrogen-bond acceptors (Lipinski definition) is 4. The normalized spacial score (nSPS) is 12.6. The summed E-state index contributed by atoms with van der Waals surface area (Å²) in [4.78, 5) is 16.5. The number of carbonyl (C=O) groups is 1. The maximum atomic E-state index is 12.2. The first-order valence-electron chi connectivity index (χ1n) is 7.03. The number of benzene rings is 1. The zero-order valence-corrected chi connectivity index (χ0v) is 12.9. The molecule has 1 atom stereocenters. The highest BCUT2D eigenvalue weighted by Crippen LogP contribution is 2.26. The van der Waals surface area contributed by atoms with Crippen LogP contribution in [0.2, 0.25) is 0 Å². The van der Waals surface area contributed by atoms with Crippen LogP contribution < -0.4 is 15.8 Å². The molecule has 21 heavy (non-hydrogen) atoms. The molecule has 1 heterocycles. The van der Waals surface area contributed by atoms with Crippen LogP contribution in [0.4, 0.5) is 5.95 Å². The lowest BCUT2D eigenvalue weighted by atomic mass is 10.2. The molecule has 0 radical (unpaired) electrons. The molecule has 0 bridgehead atoms. The number of aromatic nitrogens is 2. The summed E-state index contributed by atoms with van der Waals surface area (Å²) < 4.78 is 6.92. The van der Waals surface area contributed by atoms with Crippen molar-refractivity contribution in [1.82, 2.24) is 14.9 Å². The Kier molecular flexibility index (Phi) is 4.35. The van der Waals surface area contributed by atoms with Crippen molar-refractivity contribution in [2.45, 2.75) is 26.8 Å². The van der Waals surface area contributed by atoms with Crippen LogP contribution in [-0.2, 0) is 4.79 Å². The van der Waals surface area contributed by atoms with Gasteiger partial charge in [-0.1, -0.05) is 13.8 Å². The topological polar surface area (TPSA) is 82.2 Å². The van der Waals surface area contributed by atoms with Crippen LogP contribution >= 0.6 is 0 Å². The van der Waals surface area contributed by atoms with Gasteiger partial charge in [-0.25, -0.2) is 4.98 Å². The average Bonchev–Trinajstić information content (AvgIpc) is 2.78. The molecule has 0 saturated heterocycles. The van der Waals surface area contributed by atoms with Crippen molar-refractivity contribution in [3.05, 3.63) is 18.2 Å². The first kappa shape index (κ1) is 15.2. The van der Waals surface area contributed by atoms with E-state index in [-0.39, 0.29) is 5.91 Å². The maximum Gasteiger partial charge on any atom is 0.242 e. The van der Waals surface area contributed by atoms with E-state index in [9.17, 15) is 4.79 Å². The van der Waals surface area contributed by atoms with Crippen molar-refractivity contribution in [1.29, 1.82) is 0 Å². The number of nitrogen functional groups attached to an aromatic ring is 1. The first-order valence-corrected chi connectivity index (χ1v) is 7.03. The molecule has 6 nitrogen and oxygen atoms in total. The number of nitrogens with zero attached hydrogens (tertiary/aromatic N) is 2. The molecular weight excluding hydrogens is 268 g/mol. The smallest absolute Gasteiger partial charge is 0.242 e. The van der Waals surface area contributed by atoms with Gasteiger partial charge in [0.15, 0.2) is 0 Å². The molecule has 0 spiro atoms. The fraction of sp³-hybridized carbons (Fsp3) is 0.467. The Morgan fingerprint density at radius 3 is 2.76 bits per heavy atom. The van der Waals surface area contributed by atoms with Crippen molar-refractivity contribution in [3.8, 4) is 5.75 Å². The Labute approximate surface area is 124 Å². The molecule has 6 heteroatoms. The third kappa shape index (κ3) is 3.09. The third-order valence-electron chi connectivity index (χ3n) is 3.38. The lowest BCUT2D eigenvalue weighted by molar-refractivity contribution is -0.123. The number of hydrogen-bond donors (Lipinski definition) is 2. The highest BCUT2D eigenvalue weighted by molar-refractivity contribution is 5.86. The number of nitrogens with two attached hydrogens (primary N) is 1. The second-order valence-corrected chi connectivity index (χ2v) is 5.51. The number of nitrogens with one attached hydrogen (secondary N) is 1. The summed E-state index contributed by atoms with van der Waals surface area (Å²) in [5, 5.41) is 2.92. The summed E-state index contributed by atoms with van der Waals surface area (Å²) in [6, 6.07) is 5.09. The predicted octanol–water partition coefficient (Wildman–Crippen LogP) is 1.96. The fourth-order valence-electron chi connectivity index (χ4n) is 2.20. The van der Waals surface area contributed by atoms with E-state index in [1.165, 1.54) is 0 Å². The standard InChI is InChI=1S/C15H22N4O2/c1-9(2)8-17-14(20)10(3)19-13-6-5-11(21-4)7-12(13)18-15(19)16/h5-7,9-10H,8H2,1-4H3,(H2,16,18)(H,17,20). The predicted molar refractivity (Wildman–Crippen MR) is 83.3 cm³/mol. The zero-order chi connectivity index (χ0) is 15.6. The van der Waals surface area contributed by atoms with Crippen molar-refractivity contribution < 1.29 is 9.53 Å². The number of anilines is 1. The fourth-order valence-corrected chi connectivity index (χ4v) is 2.20. The second kappa shape index (κ2) is 6.03. The first-order chi connectivity index (χ1) is 9.93. The van der Waals surface area contributed by atoms with E-state index >= 15 is 0 Å². The van der Waals surface area contributed by atoms with Gasteiger partial charge in [-0.3, -0.25) is 9.36 Å². The molecule has 0 aliphatic rings. The van der Waals surface area contributed by atoms with E-state index in [1.54, 1.807) is 17.7 Å². The van der Waals surface area contributed by atoms with E-state index in [2.05, 4.69) is 24.1 Å². The number of fused-ring (bicyclic) bond motifs is 1. The molecule has 1 aromatic heterocycles. The highest BCUT2D eigenvalue weighted by Gasteiger charge is 2.20. The average molecular weight is 290 g/mol. The van der Waals surface area contributed by atoms with E-state index < -0.39 is 6.04 Å². The highest BCUT2D eigenvalue weighted by atomic mass is 16.5. The number of rotatable bonds is 5. The van der Waals surface area contributed by atoms with Gasteiger partial charge in [0, 0.05) is 12.6 Å². The minimum Gasteiger partial charge on any atom is -0.497 e. The molecule has 2 rings (SSSR count). The molecule has 2 aromatic rings. The van der Waals surface area contributed by atoms with Gasteiger partial charge >= 0.3 is 0 Å². The van der Waals surface area contributed by atoms with Crippen molar-refractivity contribution in [3.63, 3.8) is 0 Å². The lowest BCUT2D eigenvalue weighted by Gasteiger charge is -2.17. The SMILES string of the molecule is COc1ccc2c(c1)nc(N)n2C(C)C(=O)NCC(C)C. The van der Waals surface area contributed by atoms with Crippen molar-refractivity contribution in [2.75, 3.05) is 19.4 Å². The van der Waals surface area contributed by atoms with Gasteiger partial charge in [-0.15, -0.1) is 0 Å². The molecule has 0 aliphatic heterocycles.